The van der Waals surface area contributed by atoms with Crippen molar-refractivity contribution in [2.75, 3.05) is 31.5 Å². The quantitative estimate of drug-likeness (QED) is 0.807. The Bertz CT molecular complexity index is 829. The van der Waals surface area contributed by atoms with Gasteiger partial charge in [0.15, 0.2) is 0 Å². The van der Waals surface area contributed by atoms with Crippen LogP contribution in [-0.2, 0) is 4.79 Å². The second-order valence-corrected chi connectivity index (χ2v) is 7.76. The van der Waals surface area contributed by atoms with Crippen LogP contribution in [0.5, 0.6) is 0 Å². The SMILES string of the molecule is CC[C@@H](C)c1ccccc1NC(=O)[C@@H](C)N1CCN(C(=O)c2ccccc2)CC1. The summed E-state index contributed by atoms with van der Waals surface area (Å²) in [5, 5.41) is 3.12. The zero-order chi connectivity index (χ0) is 20.8. The van der Waals surface area contributed by atoms with E-state index in [2.05, 4.69) is 30.1 Å². The smallest absolute Gasteiger partial charge is 0.253 e. The number of hydrogen-bond acceptors (Lipinski definition) is 3. The van der Waals surface area contributed by atoms with Gasteiger partial charge in [0.2, 0.25) is 5.91 Å². The van der Waals surface area contributed by atoms with Crippen molar-refractivity contribution in [3.05, 3.63) is 65.7 Å². The van der Waals surface area contributed by atoms with E-state index in [-0.39, 0.29) is 17.9 Å². The largest absolute Gasteiger partial charge is 0.336 e. The molecule has 2 aromatic rings. The first-order chi connectivity index (χ1) is 14.0. The highest BCUT2D eigenvalue weighted by Gasteiger charge is 2.28. The maximum atomic E-state index is 12.9. The van der Waals surface area contributed by atoms with Crippen molar-refractivity contribution in [3.63, 3.8) is 0 Å². The predicted molar refractivity (Wildman–Crippen MR) is 117 cm³/mol. The summed E-state index contributed by atoms with van der Waals surface area (Å²) >= 11 is 0. The summed E-state index contributed by atoms with van der Waals surface area (Å²) in [5.41, 5.74) is 2.79. The van der Waals surface area contributed by atoms with Gasteiger partial charge in [0.05, 0.1) is 6.04 Å². The van der Waals surface area contributed by atoms with Crippen LogP contribution >= 0.6 is 0 Å². The van der Waals surface area contributed by atoms with Crippen molar-refractivity contribution in [1.29, 1.82) is 0 Å². The van der Waals surface area contributed by atoms with Crippen molar-refractivity contribution in [1.82, 2.24) is 9.80 Å². The number of amides is 2. The number of nitrogens with one attached hydrogen (secondary N) is 1. The Morgan fingerprint density at radius 1 is 0.931 bits per heavy atom. The lowest BCUT2D eigenvalue weighted by atomic mass is 9.97. The van der Waals surface area contributed by atoms with Crippen LogP contribution in [0.2, 0.25) is 0 Å². The summed E-state index contributed by atoms with van der Waals surface area (Å²) < 4.78 is 0. The van der Waals surface area contributed by atoms with Crippen LogP contribution in [0.25, 0.3) is 0 Å². The molecule has 1 fully saturated rings. The molecule has 1 aliphatic rings. The third kappa shape index (κ3) is 5.04. The molecule has 0 aliphatic carbocycles. The van der Waals surface area contributed by atoms with E-state index in [0.29, 0.717) is 37.7 Å². The molecule has 1 heterocycles. The highest BCUT2D eigenvalue weighted by Crippen LogP contribution is 2.26. The summed E-state index contributed by atoms with van der Waals surface area (Å²) in [5.74, 6) is 0.461. The van der Waals surface area contributed by atoms with Gasteiger partial charge in [-0.25, -0.2) is 0 Å². The Hall–Kier alpha value is -2.66. The second kappa shape index (κ2) is 9.70. The standard InChI is InChI=1S/C24H31N3O2/c1-4-18(2)21-12-8-9-13-22(21)25-23(28)19(3)26-14-16-27(17-15-26)24(29)20-10-6-5-7-11-20/h5-13,18-19H,4,14-17H2,1-3H3,(H,25,28)/t18-,19-/m1/s1. The topological polar surface area (TPSA) is 52.7 Å². The lowest BCUT2D eigenvalue weighted by molar-refractivity contribution is -0.121. The first kappa shape index (κ1) is 21.1. The molecule has 2 atom stereocenters. The summed E-state index contributed by atoms with van der Waals surface area (Å²) in [6.07, 6.45) is 1.03. The van der Waals surface area contributed by atoms with E-state index < -0.39 is 0 Å². The summed E-state index contributed by atoms with van der Waals surface area (Å²) in [6.45, 7) is 8.93. The molecule has 0 saturated carbocycles. The minimum Gasteiger partial charge on any atom is -0.336 e. The van der Waals surface area contributed by atoms with Crippen molar-refractivity contribution >= 4 is 17.5 Å². The molecule has 0 aromatic heterocycles. The Labute approximate surface area is 173 Å². The van der Waals surface area contributed by atoms with Crippen LogP contribution in [0, 0.1) is 0 Å². The van der Waals surface area contributed by atoms with Crippen LogP contribution in [0.1, 0.15) is 49.0 Å². The molecule has 1 aliphatic heterocycles. The van der Waals surface area contributed by atoms with E-state index in [0.717, 1.165) is 12.1 Å². The van der Waals surface area contributed by atoms with Crippen LogP contribution in [-0.4, -0.2) is 53.8 Å². The maximum Gasteiger partial charge on any atom is 0.253 e. The first-order valence-corrected chi connectivity index (χ1v) is 10.5. The van der Waals surface area contributed by atoms with Gasteiger partial charge in [-0.05, 0) is 43.0 Å². The number of para-hydroxylation sites is 1. The highest BCUT2D eigenvalue weighted by atomic mass is 16.2. The Balaban J connectivity index is 1.57. The molecule has 0 bridgehead atoms. The Morgan fingerprint density at radius 2 is 1.55 bits per heavy atom. The van der Waals surface area contributed by atoms with Crippen LogP contribution in [0.4, 0.5) is 5.69 Å². The fourth-order valence-electron chi connectivity index (χ4n) is 3.74. The molecule has 2 amide bonds. The number of nitrogens with zero attached hydrogens (tertiary/aromatic N) is 2. The zero-order valence-electron chi connectivity index (χ0n) is 17.6. The van der Waals surface area contributed by atoms with Gasteiger partial charge < -0.3 is 10.2 Å². The average molecular weight is 394 g/mol. The molecule has 1 N–H and O–H groups in total. The molecule has 29 heavy (non-hydrogen) atoms. The van der Waals surface area contributed by atoms with E-state index in [4.69, 9.17) is 0 Å². The number of carbonyl (C=O) groups is 2. The first-order valence-electron chi connectivity index (χ1n) is 10.5. The molecule has 154 valence electrons. The number of carbonyl (C=O) groups excluding carboxylic acids is 2. The molecule has 0 unspecified atom stereocenters. The van der Waals surface area contributed by atoms with Gasteiger partial charge >= 0.3 is 0 Å². The van der Waals surface area contributed by atoms with Gasteiger partial charge in [0, 0.05) is 37.4 Å². The van der Waals surface area contributed by atoms with Crippen molar-refractivity contribution in [2.24, 2.45) is 0 Å². The lowest BCUT2D eigenvalue weighted by Gasteiger charge is -2.37. The van der Waals surface area contributed by atoms with E-state index in [1.807, 2.05) is 60.4 Å². The van der Waals surface area contributed by atoms with Crippen molar-refractivity contribution < 1.29 is 9.59 Å². The Morgan fingerprint density at radius 3 is 2.21 bits per heavy atom. The maximum absolute atomic E-state index is 12.9. The van der Waals surface area contributed by atoms with Gasteiger partial charge in [-0.15, -0.1) is 0 Å². The fourth-order valence-corrected chi connectivity index (χ4v) is 3.74. The van der Waals surface area contributed by atoms with Gasteiger partial charge in [0.1, 0.15) is 0 Å². The normalized spacial score (nSPS) is 16.9. The van der Waals surface area contributed by atoms with Crippen molar-refractivity contribution in [3.8, 4) is 0 Å². The molecule has 2 aromatic carbocycles. The van der Waals surface area contributed by atoms with E-state index in [1.165, 1.54) is 5.56 Å². The number of anilines is 1. The van der Waals surface area contributed by atoms with Crippen LogP contribution in [0.3, 0.4) is 0 Å². The van der Waals surface area contributed by atoms with Crippen LogP contribution < -0.4 is 5.32 Å². The molecule has 0 radical (unpaired) electrons. The van der Waals surface area contributed by atoms with Gasteiger partial charge in [-0.1, -0.05) is 50.2 Å². The Kier molecular flexibility index (Phi) is 7.04. The molecule has 3 rings (SSSR count). The molecular formula is C24H31N3O2. The summed E-state index contributed by atoms with van der Waals surface area (Å²) in [4.78, 5) is 29.5. The number of benzene rings is 2. The van der Waals surface area contributed by atoms with E-state index in [1.54, 1.807) is 0 Å². The van der Waals surface area contributed by atoms with E-state index in [9.17, 15) is 9.59 Å². The highest BCUT2D eigenvalue weighted by molar-refractivity contribution is 5.95. The van der Waals surface area contributed by atoms with Gasteiger partial charge in [-0.2, -0.15) is 0 Å². The number of hydrogen-bond donors (Lipinski definition) is 1. The molecular weight excluding hydrogens is 362 g/mol. The van der Waals surface area contributed by atoms with Gasteiger partial charge in [0.25, 0.3) is 5.91 Å². The van der Waals surface area contributed by atoms with Gasteiger partial charge in [-0.3, -0.25) is 14.5 Å². The molecule has 0 spiro atoms. The van der Waals surface area contributed by atoms with Crippen LogP contribution in [0.15, 0.2) is 54.6 Å². The summed E-state index contributed by atoms with van der Waals surface area (Å²) in [6, 6.07) is 17.2. The fraction of sp³-hybridized carbons (Fsp3) is 0.417. The zero-order valence-corrected chi connectivity index (χ0v) is 17.6. The minimum atomic E-state index is -0.242. The molecule has 5 nitrogen and oxygen atoms in total. The lowest BCUT2D eigenvalue weighted by Crippen LogP contribution is -2.54. The number of rotatable bonds is 6. The number of piperazine rings is 1. The average Bonchev–Trinajstić information content (AvgIpc) is 2.78. The predicted octanol–water partition coefficient (Wildman–Crippen LogP) is 3.99. The summed E-state index contributed by atoms with van der Waals surface area (Å²) in [7, 11) is 0. The molecule has 1 saturated heterocycles. The third-order valence-electron chi connectivity index (χ3n) is 5.91. The van der Waals surface area contributed by atoms with E-state index >= 15 is 0 Å². The van der Waals surface area contributed by atoms with Crippen molar-refractivity contribution in [2.45, 2.75) is 39.2 Å². The second-order valence-electron chi connectivity index (χ2n) is 7.76. The molecule has 5 heteroatoms. The third-order valence-corrected chi connectivity index (χ3v) is 5.91. The monoisotopic (exact) mass is 393 g/mol. The minimum absolute atomic E-state index is 0.00332.